The third-order valence-electron chi connectivity index (χ3n) is 4.18. The van der Waals surface area contributed by atoms with Crippen LogP contribution < -0.4 is 0 Å². The summed E-state index contributed by atoms with van der Waals surface area (Å²) < 4.78 is 12.6. The number of rotatable bonds is 8. The number of thiophene rings is 1. The summed E-state index contributed by atoms with van der Waals surface area (Å²) in [5.41, 5.74) is 0.371. The van der Waals surface area contributed by atoms with Gasteiger partial charge in [0.05, 0.1) is 18.8 Å². The Hall–Kier alpha value is -1.77. The van der Waals surface area contributed by atoms with E-state index in [-0.39, 0.29) is 18.2 Å². The third kappa shape index (κ3) is 4.26. The van der Waals surface area contributed by atoms with Gasteiger partial charge < -0.3 is 14.4 Å². The molecule has 0 saturated carbocycles. The van der Waals surface area contributed by atoms with Crippen molar-refractivity contribution in [2.24, 2.45) is 0 Å². The van der Waals surface area contributed by atoms with Crippen LogP contribution in [0.3, 0.4) is 0 Å². The highest BCUT2D eigenvalue weighted by Crippen LogP contribution is 2.35. The first kappa shape index (κ1) is 18.0. The van der Waals surface area contributed by atoms with Gasteiger partial charge in [-0.1, -0.05) is 11.3 Å². The van der Waals surface area contributed by atoms with Gasteiger partial charge >= 0.3 is 0 Å². The maximum atomic E-state index is 12.9. The summed E-state index contributed by atoms with van der Waals surface area (Å²) in [4.78, 5) is 16.0. The largest absolute Gasteiger partial charge is 0.351 e. The van der Waals surface area contributed by atoms with E-state index >= 15 is 0 Å². The fraction of sp³-hybridized carbons (Fsp3) is 0.588. The van der Waals surface area contributed by atoms with Gasteiger partial charge in [0.25, 0.3) is 5.91 Å². The van der Waals surface area contributed by atoms with E-state index in [2.05, 4.69) is 16.4 Å². The first-order valence-corrected chi connectivity index (χ1v) is 9.58. The molecule has 25 heavy (non-hydrogen) atoms. The minimum Gasteiger partial charge on any atom is -0.351 e. The molecule has 0 bridgehead atoms. The molecule has 1 aliphatic heterocycles. The smallest absolute Gasteiger partial charge is 0.276 e. The summed E-state index contributed by atoms with van der Waals surface area (Å²) in [5.74, 6) is -0.0634. The molecule has 0 N–H and O–H groups in total. The molecule has 136 valence electrons. The van der Waals surface area contributed by atoms with E-state index in [0.29, 0.717) is 25.5 Å². The van der Waals surface area contributed by atoms with E-state index < -0.39 is 0 Å². The van der Waals surface area contributed by atoms with Crippen molar-refractivity contribution in [3.63, 3.8) is 0 Å². The molecular weight excluding hydrogens is 340 g/mol. The van der Waals surface area contributed by atoms with E-state index in [1.165, 1.54) is 4.88 Å². The Bertz CT molecular complexity index is 667. The van der Waals surface area contributed by atoms with Crippen molar-refractivity contribution in [2.45, 2.75) is 45.6 Å². The molecule has 0 aliphatic carbocycles. The second-order valence-electron chi connectivity index (χ2n) is 5.84. The number of likely N-dealkylation sites (tertiary alicyclic amines) is 1. The molecule has 0 spiro atoms. The molecule has 1 atom stereocenters. The minimum absolute atomic E-state index is 0.0634. The quantitative estimate of drug-likeness (QED) is 0.674. The second kappa shape index (κ2) is 8.55. The van der Waals surface area contributed by atoms with Gasteiger partial charge in [0.2, 0.25) is 0 Å². The lowest BCUT2D eigenvalue weighted by atomic mass is 10.2. The molecule has 0 aromatic carbocycles. The zero-order chi connectivity index (χ0) is 17.6. The summed E-state index contributed by atoms with van der Waals surface area (Å²) in [6.45, 7) is 6.12. The van der Waals surface area contributed by atoms with Crippen LogP contribution in [0.25, 0.3) is 0 Å². The van der Waals surface area contributed by atoms with Crippen molar-refractivity contribution in [1.29, 1.82) is 0 Å². The third-order valence-corrected chi connectivity index (χ3v) is 5.16. The summed E-state index contributed by atoms with van der Waals surface area (Å²) >= 11 is 1.69. The Morgan fingerprint density at radius 2 is 2.20 bits per heavy atom. The second-order valence-corrected chi connectivity index (χ2v) is 6.82. The van der Waals surface area contributed by atoms with Crippen molar-refractivity contribution < 1.29 is 14.3 Å². The molecule has 3 rings (SSSR count). The minimum atomic E-state index is -0.384. The van der Waals surface area contributed by atoms with Crippen LogP contribution >= 0.6 is 11.3 Å². The van der Waals surface area contributed by atoms with Gasteiger partial charge in [0, 0.05) is 24.6 Å². The van der Waals surface area contributed by atoms with E-state index in [9.17, 15) is 4.79 Å². The van der Waals surface area contributed by atoms with E-state index in [0.717, 1.165) is 19.4 Å². The lowest BCUT2D eigenvalue weighted by molar-refractivity contribution is -0.145. The van der Waals surface area contributed by atoms with Crippen LogP contribution in [-0.4, -0.2) is 51.8 Å². The maximum Gasteiger partial charge on any atom is 0.276 e. The molecule has 0 radical (unpaired) electrons. The number of hydrogen-bond donors (Lipinski definition) is 0. The van der Waals surface area contributed by atoms with Gasteiger partial charge in [0.15, 0.2) is 12.0 Å². The van der Waals surface area contributed by atoms with Gasteiger partial charge in [-0.3, -0.25) is 4.79 Å². The number of aromatic nitrogens is 3. The molecule has 1 saturated heterocycles. The van der Waals surface area contributed by atoms with Gasteiger partial charge in [-0.05, 0) is 38.1 Å². The summed E-state index contributed by atoms with van der Waals surface area (Å²) in [6.07, 6.45) is 3.30. The molecular formula is C17H24N4O3S. The predicted octanol–water partition coefficient (Wildman–Crippen LogP) is 2.72. The number of amides is 1. The molecule has 7 nitrogen and oxygen atoms in total. The van der Waals surface area contributed by atoms with Crippen LogP contribution in [0.15, 0.2) is 23.7 Å². The predicted molar refractivity (Wildman–Crippen MR) is 94.4 cm³/mol. The lowest BCUT2D eigenvalue weighted by Crippen LogP contribution is -2.30. The van der Waals surface area contributed by atoms with Crippen molar-refractivity contribution in [3.05, 3.63) is 34.3 Å². The molecule has 2 aromatic rings. The van der Waals surface area contributed by atoms with Gasteiger partial charge in [0.1, 0.15) is 0 Å². The zero-order valence-electron chi connectivity index (χ0n) is 14.6. The van der Waals surface area contributed by atoms with Crippen LogP contribution in [0, 0.1) is 0 Å². The molecule has 1 unspecified atom stereocenters. The van der Waals surface area contributed by atoms with Crippen molar-refractivity contribution in [2.75, 3.05) is 19.8 Å². The Morgan fingerprint density at radius 3 is 2.88 bits per heavy atom. The van der Waals surface area contributed by atoms with Gasteiger partial charge in [-0.25, -0.2) is 4.68 Å². The first-order valence-electron chi connectivity index (χ1n) is 8.70. The van der Waals surface area contributed by atoms with Crippen LogP contribution in [0.4, 0.5) is 0 Å². The molecule has 2 aromatic heterocycles. The van der Waals surface area contributed by atoms with Crippen LogP contribution in [0.5, 0.6) is 0 Å². The highest BCUT2D eigenvalue weighted by atomic mass is 32.1. The number of carbonyl (C=O) groups is 1. The number of hydrogen-bond acceptors (Lipinski definition) is 6. The highest BCUT2D eigenvalue weighted by Gasteiger charge is 2.32. The van der Waals surface area contributed by atoms with Crippen LogP contribution in [0.2, 0.25) is 0 Å². The Morgan fingerprint density at radius 1 is 1.40 bits per heavy atom. The molecule has 3 heterocycles. The zero-order valence-corrected chi connectivity index (χ0v) is 15.4. The van der Waals surface area contributed by atoms with Crippen molar-refractivity contribution in [1.82, 2.24) is 19.9 Å². The average Bonchev–Trinajstić information content (AvgIpc) is 3.35. The molecule has 8 heteroatoms. The van der Waals surface area contributed by atoms with Crippen molar-refractivity contribution >= 4 is 17.2 Å². The fourth-order valence-electron chi connectivity index (χ4n) is 3.10. The van der Waals surface area contributed by atoms with E-state index in [1.807, 2.05) is 30.2 Å². The Kier molecular flexibility index (Phi) is 6.17. The standard InChI is InChI=1S/C17H24N4O3S/c1-3-23-16(24-4-2)12-20-11-13(18-19-20)17(22)21-9-5-7-14(21)15-8-6-10-25-15/h6,8,10-11,14,16H,3-5,7,9,12H2,1-2H3. The maximum absolute atomic E-state index is 12.9. The van der Waals surface area contributed by atoms with Crippen LogP contribution in [0.1, 0.15) is 48.1 Å². The lowest BCUT2D eigenvalue weighted by Gasteiger charge is -2.22. The first-order chi connectivity index (χ1) is 12.2. The summed E-state index contributed by atoms with van der Waals surface area (Å²) in [7, 11) is 0. The fourth-order valence-corrected chi connectivity index (χ4v) is 3.97. The number of carbonyl (C=O) groups excluding carboxylic acids is 1. The Labute approximate surface area is 151 Å². The van der Waals surface area contributed by atoms with Crippen molar-refractivity contribution in [3.8, 4) is 0 Å². The van der Waals surface area contributed by atoms with E-state index in [4.69, 9.17) is 9.47 Å². The van der Waals surface area contributed by atoms with Gasteiger partial charge in [-0.2, -0.15) is 0 Å². The Balaban J connectivity index is 1.68. The molecule has 1 aliphatic rings. The summed E-state index contributed by atoms with van der Waals surface area (Å²) in [6, 6.07) is 4.27. The monoisotopic (exact) mass is 364 g/mol. The highest BCUT2D eigenvalue weighted by molar-refractivity contribution is 7.10. The SMILES string of the molecule is CCOC(Cn1cc(C(=O)N2CCCC2c2cccs2)nn1)OCC. The van der Waals surface area contributed by atoms with Gasteiger partial charge in [-0.15, -0.1) is 16.4 Å². The van der Waals surface area contributed by atoms with Crippen LogP contribution in [-0.2, 0) is 16.0 Å². The number of nitrogens with zero attached hydrogens (tertiary/aromatic N) is 4. The molecule has 1 amide bonds. The van der Waals surface area contributed by atoms with E-state index in [1.54, 1.807) is 22.2 Å². The summed E-state index contributed by atoms with van der Waals surface area (Å²) in [5, 5.41) is 10.2. The average molecular weight is 364 g/mol. The normalized spacial score (nSPS) is 17.6. The molecule has 1 fully saturated rings. The topological polar surface area (TPSA) is 69.5 Å². The number of ether oxygens (including phenoxy) is 2.